The van der Waals surface area contributed by atoms with Gasteiger partial charge in [0.2, 0.25) is 0 Å². The van der Waals surface area contributed by atoms with Gasteiger partial charge in [0.1, 0.15) is 0 Å². The molecule has 6 aromatic rings. The zero-order valence-electron chi connectivity index (χ0n) is 19.0. The van der Waals surface area contributed by atoms with E-state index in [0.29, 0.717) is 22.1 Å². The molecule has 0 N–H and O–H groups in total. The smallest absolute Gasteiger partial charge is 0.303 e. The average molecular weight is 447 g/mol. The molecule has 2 aromatic carbocycles. The summed E-state index contributed by atoms with van der Waals surface area (Å²) < 4.78 is 4.80. The lowest BCUT2D eigenvalue weighted by molar-refractivity contribution is 0.716. The first-order chi connectivity index (χ1) is 16.5. The van der Waals surface area contributed by atoms with Gasteiger partial charge >= 0.3 is 5.69 Å². The van der Waals surface area contributed by atoms with E-state index in [1.165, 1.54) is 11.6 Å². The van der Waals surface area contributed by atoms with Gasteiger partial charge in [0.25, 0.3) is 5.56 Å². The van der Waals surface area contributed by atoms with Gasteiger partial charge in [-0.05, 0) is 42.8 Å². The zero-order valence-corrected chi connectivity index (χ0v) is 19.0. The summed E-state index contributed by atoms with van der Waals surface area (Å²) in [6.45, 7) is 2.03. The van der Waals surface area contributed by atoms with Crippen LogP contribution in [0, 0.1) is 6.92 Å². The number of hydrogen-bond acceptors (Lipinski definition) is 4. The van der Waals surface area contributed by atoms with Crippen LogP contribution < -0.4 is 11.2 Å². The van der Waals surface area contributed by atoms with Gasteiger partial charge in [-0.15, -0.1) is 0 Å². The molecule has 166 valence electrons. The number of rotatable bonds is 2. The first-order valence-electron chi connectivity index (χ1n) is 11.0. The van der Waals surface area contributed by atoms with E-state index in [1.54, 1.807) is 24.0 Å². The fourth-order valence-corrected chi connectivity index (χ4v) is 4.82. The maximum Gasteiger partial charge on any atom is 0.331 e. The van der Waals surface area contributed by atoms with Crippen molar-refractivity contribution in [3.63, 3.8) is 0 Å². The van der Waals surface area contributed by atoms with Crippen molar-refractivity contribution in [2.75, 3.05) is 0 Å². The number of pyridine rings is 1. The molecule has 0 fully saturated rings. The van der Waals surface area contributed by atoms with Crippen molar-refractivity contribution >= 4 is 27.5 Å². The highest BCUT2D eigenvalue weighted by Gasteiger charge is 2.25. The molecule has 4 aromatic heterocycles. The van der Waals surface area contributed by atoms with Crippen molar-refractivity contribution in [3.8, 4) is 22.5 Å². The summed E-state index contributed by atoms with van der Waals surface area (Å²) in [6.07, 6.45) is 3.43. The first-order valence-corrected chi connectivity index (χ1v) is 11.0. The number of nitrogens with zero attached hydrogens (tertiary/aromatic N) is 5. The molecule has 0 atom stereocenters. The minimum Gasteiger partial charge on any atom is -0.303 e. The topological polar surface area (TPSA) is 74.2 Å². The lowest BCUT2D eigenvalue weighted by atomic mass is 10.1. The molecule has 0 aliphatic carbocycles. The Balaban J connectivity index is 2.02. The predicted molar refractivity (Wildman–Crippen MR) is 134 cm³/mol. The van der Waals surface area contributed by atoms with Crippen molar-refractivity contribution in [1.82, 2.24) is 23.5 Å². The first kappa shape index (κ1) is 20.1. The number of hydrogen-bond donors (Lipinski definition) is 0. The second-order valence-corrected chi connectivity index (χ2v) is 8.52. The molecule has 0 amide bonds. The SMILES string of the molecule is Cc1cccc(-c2c3c(=O)n(C)c(=O)n(C)c3c3c(-c4ccncc4)nc4ccccc4n23)c1. The van der Waals surface area contributed by atoms with E-state index in [-0.39, 0.29) is 11.2 Å². The maximum absolute atomic E-state index is 13.6. The van der Waals surface area contributed by atoms with Crippen molar-refractivity contribution < 1.29 is 0 Å². The number of aryl methyl sites for hydroxylation is 2. The highest BCUT2D eigenvalue weighted by Crippen LogP contribution is 2.38. The summed E-state index contributed by atoms with van der Waals surface area (Å²) in [7, 11) is 3.22. The fourth-order valence-electron chi connectivity index (χ4n) is 4.82. The molecule has 0 spiro atoms. The van der Waals surface area contributed by atoms with Crippen LogP contribution in [0.15, 0.2) is 82.6 Å². The summed E-state index contributed by atoms with van der Waals surface area (Å²) in [4.78, 5) is 35.8. The lowest BCUT2D eigenvalue weighted by Gasteiger charge is -2.12. The lowest BCUT2D eigenvalue weighted by Crippen LogP contribution is -2.36. The predicted octanol–water partition coefficient (Wildman–Crippen LogP) is 4.08. The van der Waals surface area contributed by atoms with E-state index >= 15 is 0 Å². The van der Waals surface area contributed by atoms with E-state index in [2.05, 4.69) is 15.5 Å². The van der Waals surface area contributed by atoms with Gasteiger partial charge in [0.15, 0.2) is 0 Å². The van der Waals surface area contributed by atoms with Gasteiger partial charge in [-0.1, -0.05) is 35.9 Å². The van der Waals surface area contributed by atoms with Crippen LogP contribution in [0.3, 0.4) is 0 Å². The highest BCUT2D eigenvalue weighted by molar-refractivity contribution is 6.11. The minimum atomic E-state index is -0.380. The molecule has 0 bridgehead atoms. The van der Waals surface area contributed by atoms with Crippen LogP contribution in [0.5, 0.6) is 0 Å². The molecular formula is C27H21N5O2. The number of para-hydroxylation sites is 2. The van der Waals surface area contributed by atoms with E-state index in [9.17, 15) is 9.59 Å². The van der Waals surface area contributed by atoms with Gasteiger partial charge in [-0.2, -0.15) is 0 Å². The summed E-state index contributed by atoms with van der Waals surface area (Å²) in [5.41, 5.74) is 6.49. The van der Waals surface area contributed by atoms with Crippen molar-refractivity contribution in [3.05, 3.63) is 99.5 Å². The van der Waals surface area contributed by atoms with Crippen LogP contribution in [0.25, 0.3) is 50.0 Å². The maximum atomic E-state index is 13.6. The van der Waals surface area contributed by atoms with E-state index in [4.69, 9.17) is 4.98 Å². The third-order valence-corrected chi connectivity index (χ3v) is 6.40. The van der Waals surface area contributed by atoms with Gasteiger partial charge in [-0.3, -0.25) is 18.9 Å². The van der Waals surface area contributed by atoms with Gasteiger partial charge in [0, 0.05) is 32.1 Å². The molecule has 7 heteroatoms. The van der Waals surface area contributed by atoms with Gasteiger partial charge < -0.3 is 4.40 Å². The standard InChI is InChI=1S/C27H21N5O2/c1-16-7-6-8-18(15-16)23-21-24(30(2)27(34)31(3)26(21)33)25-22(17-11-13-28-14-12-17)29-19-9-4-5-10-20(19)32(23)25/h4-15H,1-3H3. The van der Waals surface area contributed by atoms with Crippen LogP contribution in [-0.4, -0.2) is 23.5 Å². The molecule has 0 saturated carbocycles. The minimum absolute atomic E-state index is 0.330. The summed E-state index contributed by atoms with van der Waals surface area (Å²) in [5.74, 6) is 0. The Bertz CT molecular complexity index is 1880. The Morgan fingerprint density at radius 3 is 2.32 bits per heavy atom. The normalized spacial score (nSPS) is 11.6. The molecule has 7 nitrogen and oxygen atoms in total. The van der Waals surface area contributed by atoms with Crippen molar-refractivity contribution in [2.24, 2.45) is 14.1 Å². The van der Waals surface area contributed by atoms with E-state index < -0.39 is 0 Å². The fraction of sp³-hybridized carbons (Fsp3) is 0.111. The molecule has 0 radical (unpaired) electrons. The van der Waals surface area contributed by atoms with Crippen LogP contribution >= 0.6 is 0 Å². The van der Waals surface area contributed by atoms with Gasteiger partial charge in [0.05, 0.1) is 38.8 Å². The Morgan fingerprint density at radius 2 is 1.56 bits per heavy atom. The van der Waals surface area contributed by atoms with Crippen molar-refractivity contribution in [1.29, 1.82) is 0 Å². The molecule has 0 aliphatic rings. The Hall–Kier alpha value is -4.52. The van der Waals surface area contributed by atoms with E-state index in [1.807, 2.05) is 61.5 Å². The Kier molecular flexibility index (Phi) is 4.29. The second kappa shape index (κ2) is 7.25. The third-order valence-electron chi connectivity index (χ3n) is 6.40. The molecular weight excluding hydrogens is 426 g/mol. The zero-order chi connectivity index (χ0) is 23.6. The largest absolute Gasteiger partial charge is 0.331 e. The highest BCUT2D eigenvalue weighted by atomic mass is 16.2. The van der Waals surface area contributed by atoms with E-state index in [0.717, 1.165) is 33.4 Å². The van der Waals surface area contributed by atoms with Crippen LogP contribution in [0.2, 0.25) is 0 Å². The van der Waals surface area contributed by atoms with Gasteiger partial charge in [-0.25, -0.2) is 9.78 Å². The number of fused-ring (bicyclic) bond motifs is 5. The second-order valence-electron chi connectivity index (χ2n) is 8.52. The average Bonchev–Trinajstić information content (AvgIpc) is 3.23. The number of aromatic nitrogens is 5. The summed E-state index contributed by atoms with van der Waals surface area (Å²) >= 11 is 0. The van der Waals surface area contributed by atoms with Crippen LogP contribution in [0.4, 0.5) is 0 Å². The summed E-state index contributed by atoms with van der Waals surface area (Å²) in [5, 5.41) is 0.489. The Morgan fingerprint density at radius 1 is 0.794 bits per heavy atom. The number of benzene rings is 2. The van der Waals surface area contributed by atoms with Crippen molar-refractivity contribution in [2.45, 2.75) is 6.92 Å². The quantitative estimate of drug-likeness (QED) is 0.401. The third kappa shape index (κ3) is 2.70. The van der Waals surface area contributed by atoms with Crippen LogP contribution in [-0.2, 0) is 14.1 Å². The molecule has 0 saturated heterocycles. The molecule has 34 heavy (non-hydrogen) atoms. The monoisotopic (exact) mass is 447 g/mol. The Labute approximate surface area is 194 Å². The van der Waals surface area contributed by atoms with Crippen LogP contribution in [0.1, 0.15) is 5.56 Å². The summed E-state index contributed by atoms with van der Waals surface area (Å²) in [6, 6.07) is 19.7. The molecule has 0 aliphatic heterocycles. The molecule has 0 unspecified atom stereocenters. The molecule has 6 rings (SSSR count). The molecule has 4 heterocycles.